The normalized spacial score (nSPS) is 12.6. The number of nitrogens with zero attached hydrogens (tertiary/aromatic N) is 3. The molecule has 0 saturated heterocycles. The van der Waals surface area contributed by atoms with Crippen LogP contribution in [0.25, 0.3) is 0 Å². The van der Waals surface area contributed by atoms with Crippen molar-refractivity contribution in [2.24, 2.45) is 0 Å². The number of aryl methyl sites for hydroxylation is 3. The van der Waals surface area contributed by atoms with Crippen LogP contribution in [-0.4, -0.2) is 21.3 Å². The Hall–Kier alpha value is -1.68. The minimum atomic E-state index is 0.274. The van der Waals surface area contributed by atoms with Gasteiger partial charge in [0.1, 0.15) is 11.6 Å². The van der Waals surface area contributed by atoms with E-state index in [-0.39, 0.29) is 6.04 Å². The van der Waals surface area contributed by atoms with Crippen molar-refractivity contribution in [3.63, 3.8) is 0 Å². The van der Waals surface area contributed by atoms with Gasteiger partial charge in [0.15, 0.2) is 0 Å². The maximum atomic E-state index is 4.48. The zero-order chi connectivity index (χ0) is 15.2. The summed E-state index contributed by atoms with van der Waals surface area (Å²) in [5, 5.41) is 8.10. The molecule has 0 aliphatic carbocycles. The van der Waals surface area contributed by atoms with E-state index in [2.05, 4.69) is 53.5 Å². The molecule has 1 atom stereocenters. The topological polar surface area (TPSA) is 42.7 Å². The Morgan fingerprint density at radius 3 is 2.38 bits per heavy atom. The number of hydrogen-bond donors (Lipinski definition) is 1. The van der Waals surface area contributed by atoms with Gasteiger partial charge in [-0.2, -0.15) is 5.10 Å². The Bertz CT molecular complexity index is 557. The number of rotatable bonds is 7. The minimum absolute atomic E-state index is 0.274. The molecule has 1 N–H and O–H groups in total. The van der Waals surface area contributed by atoms with Crippen molar-refractivity contribution in [2.75, 3.05) is 6.54 Å². The predicted octanol–water partition coefficient (Wildman–Crippen LogP) is 3.20. The van der Waals surface area contributed by atoms with Gasteiger partial charge in [-0.05, 0) is 44.4 Å². The molecule has 4 nitrogen and oxygen atoms in total. The van der Waals surface area contributed by atoms with Crippen LogP contribution in [0.5, 0.6) is 0 Å². The Morgan fingerprint density at radius 1 is 1.14 bits per heavy atom. The fourth-order valence-corrected chi connectivity index (χ4v) is 2.50. The first-order valence-electron chi connectivity index (χ1n) is 7.84. The van der Waals surface area contributed by atoms with Gasteiger partial charge in [-0.15, -0.1) is 0 Å². The number of benzene rings is 1. The molecule has 0 aliphatic heterocycles. The second-order valence-corrected chi connectivity index (χ2v) is 5.49. The molecule has 2 aromatic rings. The predicted molar refractivity (Wildman–Crippen MR) is 86.4 cm³/mol. The molecular formula is C17H26N4. The molecule has 2 rings (SSSR count). The number of hydrogen-bond acceptors (Lipinski definition) is 3. The average Bonchev–Trinajstić information content (AvgIpc) is 2.81. The van der Waals surface area contributed by atoms with Crippen LogP contribution in [0.1, 0.15) is 49.1 Å². The van der Waals surface area contributed by atoms with Gasteiger partial charge in [-0.25, -0.2) is 9.67 Å². The van der Waals surface area contributed by atoms with E-state index in [4.69, 9.17) is 0 Å². The van der Waals surface area contributed by atoms with E-state index in [0.717, 1.165) is 37.6 Å². The third-order valence-electron chi connectivity index (χ3n) is 3.75. The summed E-state index contributed by atoms with van der Waals surface area (Å²) in [6, 6.07) is 9.16. The monoisotopic (exact) mass is 286 g/mol. The molecule has 1 aromatic heterocycles. The molecule has 0 aliphatic rings. The van der Waals surface area contributed by atoms with Gasteiger partial charge in [0.25, 0.3) is 0 Å². The lowest BCUT2D eigenvalue weighted by Crippen LogP contribution is -2.27. The number of aromatic nitrogens is 3. The molecule has 0 spiro atoms. The standard InChI is InChI=1S/C17H26N4/c1-5-11-18-17(12-21-14(4)19-13(3)20-21)16-9-7-15(6-2)8-10-16/h7-10,17-18H,5-6,11-12H2,1-4H3. The lowest BCUT2D eigenvalue weighted by molar-refractivity contribution is 0.431. The van der Waals surface area contributed by atoms with Gasteiger partial charge in [-0.3, -0.25) is 0 Å². The Kier molecular flexibility index (Phi) is 5.51. The molecule has 0 saturated carbocycles. The van der Waals surface area contributed by atoms with Gasteiger partial charge in [0, 0.05) is 0 Å². The van der Waals surface area contributed by atoms with E-state index in [0.29, 0.717) is 0 Å². The highest BCUT2D eigenvalue weighted by molar-refractivity contribution is 5.25. The zero-order valence-electron chi connectivity index (χ0n) is 13.6. The third kappa shape index (κ3) is 4.14. The second kappa shape index (κ2) is 7.36. The summed E-state index contributed by atoms with van der Waals surface area (Å²) in [7, 11) is 0. The summed E-state index contributed by atoms with van der Waals surface area (Å²) in [5.41, 5.74) is 2.69. The second-order valence-electron chi connectivity index (χ2n) is 5.49. The summed E-state index contributed by atoms with van der Waals surface area (Å²) in [4.78, 5) is 4.39. The van der Waals surface area contributed by atoms with Gasteiger partial charge < -0.3 is 5.32 Å². The molecule has 4 heteroatoms. The van der Waals surface area contributed by atoms with Crippen LogP contribution >= 0.6 is 0 Å². The molecule has 114 valence electrons. The summed E-state index contributed by atoms with van der Waals surface area (Å²) in [5.74, 6) is 1.81. The third-order valence-corrected chi connectivity index (χ3v) is 3.75. The van der Waals surface area contributed by atoms with Crippen LogP contribution in [0, 0.1) is 13.8 Å². The largest absolute Gasteiger partial charge is 0.308 e. The van der Waals surface area contributed by atoms with Crippen LogP contribution < -0.4 is 5.32 Å². The molecule has 1 unspecified atom stereocenters. The number of nitrogens with one attached hydrogen (secondary N) is 1. The minimum Gasteiger partial charge on any atom is -0.308 e. The maximum absolute atomic E-state index is 4.48. The SMILES string of the molecule is CCCNC(Cn1nc(C)nc1C)c1ccc(CC)cc1. The Morgan fingerprint density at radius 2 is 1.86 bits per heavy atom. The first kappa shape index (κ1) is 15.7. The van der Waals surface area contributed by atoms with Gasteiger partial charge in [-0.1, -0.05) is 38.1 Å². The Labute approximate surface area is 127 Å². The highest BCUT2D eigenvalue weighted by Crippen LogP contribution is 2.17. The molecule has 21 heavy (non-hydrogen) atoms. The summed E-state index contributed by atoms with van der Waals surface area (Å²) >= 11 is 0. The van der Waals surface area contributed by atoms with E-state index in [1.54, 1.807) is 0 Å². The van der Waals surface area contributed by atoms with Crippen LogP contribution in [0.15, 0.2) is 24.3 Å². The molecule has 0 fully saturated rings. The lowest BCUT2D eigenvalue weighted by Gasteiger charge is -2.20. The molecule has 1 heterocycles. The van der Waals surface area contributed by atoms with Gasteiger partial charge in [0.05, 0.1) is 12.6 Å². The van der Waals surface area contributed by atoms with Crippen molar-refractivity contribution in [3.8, 4) is 0 Å². The molecule has 0 bridgehead atoms. The van der Waals surface area contributed by atoms with Crippen LogP contribution in [-0.2, 0) is 13.0 Å². The molecule has 0 amide bonds. The fraction of sp³-hybridized carbons (Fsp3) is 0.529. The molecular weight excluding hydrogens is 260 g/mol. The van der Waals surface area contributed by atoms with E-state index in [9.17, 15) is 0 Å². The van der Waals surface area contributed by atoms with Gasteiger partial charge >= 0.3 is 0 Å². The highest BCUT2D eigenvalue weighted by atomic mass is 15.3. The van der Waals surface area contributed by atoms with Crippen molar-refractivity contribution in [3.05, 3.63) is 47.0 Å². The van der Waals surface area contributed by atoms with Crippen molar-refractivity contribution in [2.45, 2.75) is 53.1 Å². The summed E-state index contributed by atoms with van der Waals surface area (Å²) in [6.07, 6.45) is 2.20. The Balaban J connectivity index is 2.18. The van der Waals surface area contributed by atoms with Crippen LogP contribution in [0.4, 0.5) is 0 Å². The zero-order valence-corrected chi connectivity index (χ0v) is 13.6. The first-order chi connectivity index (χ1) is 10.1. The summed E-state index contributed by atoms with van der Waals surface area (Å²) < 4.78 is 2.00. The maximum Gasteiger partial charge on any atom is 0.147 e. The van der Waals surface area contributed by atoms with Crippen LogP contribution in [0.3, 0.4) is 0 Å². The van der Waals surface area contributed by atoms with Crippen molar-refractivity contribution < 1.29 is 0 Å². The van der Waals surface area contributed by atoms with Crippen molar-refractivity contribution >= 4 is 0 Å². The van der Waals surface area contributed by atoms with Crippen molar-refractivity contribution in [1.29, 1.82) is 0 Å². The van der Waals surface area contributed by atoms with E-state index < -0.39 is 0 Å². The fourth-order valence-electron chi connectivity index (χ4n) is 2.50. The van der Waals surface area contributed by atoms with E-state index >= 15 is 0 Å². The molecule has 1 aromatic carbocycles. The molecule has 0 radical (unpaired) electrons. The highest BCUT2D eigenvalue weighted by Gasteiger charge is 2.14. The van der Waals surface area contributed by atoms with Gasteiger partial charge in [0.2, 0.25) is 0 Å². The lowest BCUT2D eigenvalue weighted by atomic mass is 10.0. The van der Waals surface area contributed by atoms with Crippen molar-refractivity contribution in [1.82, 2.24) is 20.1 Å². The van der Waals surface area contributed by atoms with E-state index in [1.165, 1.54) is 11.1 Å². The van der Waals surface area contributed by atoms with Crippen LogP contribution in [0.2, 0.25) is 0 Å². The summed E-state index contributed by atoms with van der Waals surface area (Å²) in [6.45, 7) is 10.1. The first-order valence-corrected chi connectivity index (χ1v) is 7.84. The average molecular weight is 286 g/mol. The quantitative estimate of drug-likeness (QED) is 0.850. The smallest absolute Gasteiger partial charge is 0.147 e. The van der Waals surface area contributed by atoms with E-state index in [1.807, 2.05) is 18.5 Å².